The second-order valence-electron chi connectivity index (χ2n) is 9.40. The zero-order chi connectivity index (χ0) is 26.8. The number of aliphatic hydroxyl groups is 1. The minimum absolute atomic E-state index is 0.0427. The molecule has 8 heteroatoms. The van der Waals surface area contributed by atoms with E-state index in [0.717, 1.165) is 44.5 Å². The molecule has 2 heterocycles. The third kappa shape index (κ3) is 5.27. The van der Waals surface area contributed by atoms with E-state index in [4.69, 9.17) is 21.1 Å². The van der Waals surface area contributed by atoms with Crippen LogP contribution in [0.2, 0.25) is 5.02 Å². The lowest BCUT2D eigenvalue weighted by atomic mass is 9.93. The fraction of sp³-hybridized carbons (Fsp3) is 0.267. The first-order chi connectivity index (χ1) is 18.4. The molecule has 0 saturated heterocycles. The molecule has 1 aliphatic heterocycles. The Bertz CT molecular complexity index is 1470. The normalized spacial score (nSPS) is 17.7. The van der Waals surface area contributed by atoms with Crippen LogP contribution in [0.4, 0.5) is 0 Å². The van der Waals surface area contributed by atoms with Crippen LogP contribution in [0.5, 0.6) is 0 Å². The minimum atomic E-state index is -0.635. The van der Waals surface area contributed by atoms with E-state index in [9.17, 15) is 14.7 Å². The fourth-order valence-electron chi connectivity index (χ4n) is 4.74. The van der Waals surface area contributed by atoms with Crippen molar-refractivity contribution < 1.29 is 24.2 Å². The number of thiophene rings is 1. The van der Waals surface area contributed by atoms with Crippen LogP contribution in [-0.2, 0) is 32.2 Å². The second-order valence-corrected chi connectivity index (χ2v) is 10.9. The van der Waals surface area contributed by atoms with Crippen molar-refractivity contribution in [2.45, 2.75) is 32.0 Å². The maximum Gasteiger partial charge on any atom is 0.340 e. The lowest BCUT2D eigenvalue weighted by Gasteiger charge is -2.31. The first kappa shape index (κ1) is 26.2. The van der Waals surface area contributed by atoms with Crippen LogP contribution in [0, 0.1) is 5.92 Å². The topological polar surface area (TPSA) is 76.1 Å². The van der Waals surface area contributed by atoms with Gasteiger partial charge in [0.2, 0.25) is 0 Å². The van der Waals surface area contributed by atoms with Gasteiger partial charge in [-0.3, -0.25) is 0 Å². The lowest BCUT2D eigenvalue weighted by molar-refractivity contribution is -0.139. The summed E-state index contributed by atoms with van der Waals surface area (Å²) in [6.45, 7) is 0.397. The Labute approximate surface area is 230 Å². The van der Waals surface area contributed by atoms with Gasteiger partial charge in [-0.15, -0.1) is 11.3 Å². The number of halogens is 1. The molecule has 0 radical (unpaired) electrons. The molecule has 1 N–H and O–H groups in total. The number of rotatable bonds is 7. The van der Waals surface area contributed by atoms with E-state index in [1.807, 2.05) is 48.5 Å². The van der Waals surface area contributed by atoms with Crippen LogP contribution in [0.25, 0.3) is 15.7 Å². The predicted octanol–water partition coefficient (Wildman–Crippen LogP) is 5.88. The molecule has 196 valence electrons. The number of benzene rings is 2. The maximum absolute atomic E-state index is 13.1. The summed E-state index contributed by atoms with van der Waals surface area (Å²) in [5, 5.41) is 11.2. The SMILES string of the molecule is COC(=O)C1=CC(c2ccc(CO)cc2)=CC(C2CC2)N(Cc2sc3ccccc3c2Cl)C=C1C(=O)OC. The lowest BCUT2D eigenvalue weighted by Crippen LogP contribution is -2.33. The van der Waals surface area contributed by atoms with Gasteiger partial charge in [0.25, 0.3) is 0 Å². The third-order valence-electron chi connectivity index (χ3n) is 6.93. The molecule has 1 aliphatic carbocycles. The van der Waals surface area contributed by atoms with Gasteiger partial charge in [0.1, 0.15) is 0 Å². The van der Waals surface area contributed by atoms with E-state index in [-0.39, 0.29) is 23.8 Å². The molecular weight excluding hydrogens is 522 g/mol. The summed E-state index contributed by atoms with van der Waals surface area (Å²) in [5.41, 5.74) is 2.67. The Hall–Kier alpha value is -3.39. The number of hydrogen-bond acceptors (Lipinski definition) is 7. The Morgan fingerprint density at radius 3 is 2.34 bits per heavy atom. The summed E-state index contributed by atoms with van der Waals surface area (Å²) >= 11 is 8.45. The Kier molecular flexibility index (Phi) is 7.70. The number of carbonyl (C=O) groups is 2. The molecule has 0 amide bonds. The molecule has 1 unspecified atom stereocenters. The molecule has 1 atom stereocenters. The van der Waals surface area contributed by atoms with Crippen LogP contribution in [0.15, 0.2) is 78.0 Å². The highest BCUT2D eigenvalue weighted by Crippen LogP contribution is 2.42. The molecule has 0 spiro atoms. The van der Waals surface area contributed by atoms with Gasteiger partial charge in [-0.1, -0.05) is 60.1 Å². The number of methoxy groups -OCH3 is 2. The number of nitrogens with zero attached hydrogens (tertiary/aromatic N) is 1. The van der Waals surface area contributed by atoms with Crippen LogP contribution < -0.4 is 0 Å². The van der Waals surface area contributed by atoms with Gasteiger partial charge < -0.3 is 19.5 Å². The maximum atomic E-state index is 13.1. The quantitative estimate of drug-likeness (QED) is 0.371. The Balaban J connectivity index is 1.68. The van der Waals surface area contributed by atoms with E-state index >= 15 is 0 Å². The number of ether oxygens (including phenoxy) is 2. The summed E-state index contributed by atoms with van der Waals surface area (Å²) in [4.78, 5) is 29.1. The van der Waals surface area contributed by atoms with Crippen molar-refractivity contribution in [1.29, 1.82) is 0 Å². The van der Waals surface area contributed by atoms with Crippen LogP contribution in [0.1, 0.15) is 28.8 Å². The number of carbonyl (C=O) groups excluding carboxylic acids is 2. The highest BCUT2D eigenvalue weighted by atomic mass is 35.5. The highest BCUT2D eigenvalue weighted by Gasteiger charge is 2.36. The van der Waals surface area contributed by atoms with Crippen molar-refractivity contribution in [2.24, 2.45) is 5.92 Å². The fourth-order valence-corrected chi connectivity index (χ4v) is 6.25. The molecule has 5 rings (SSSR count). The zero-order valence-corrected chi connectivity index (χ0v) is 22.7. The van der Waals surface area contributed by atoms with E-state index < -0.39 is 11.9 Å². The van der Waals surface area contributed by atoms with Gasteiger partial charge >= 0.3 is 11.9 Å². The van der Waals surface area contributed by atoms with Crippen molar-refractivity contribution in [3.8, 4) is 0 Å². The summed E-state index contributed by atoms with van der Waals surface area (Å²) in [7, 11) is 2.59. The van der Waals surface area contributed by atoms with E-state index in [1.54, 1.807) is 23.6 Å². The molecule has 3 aromatic rings. The van der Waals surface area contributed by atoms with Gasteiger partial charge in [0.15, 0.2) is 0 Å². The molecule has 0 bridgehead atoms. The molecular formula is C30H28ClNO5S. The van der Waals surface area contributed by atoms with Gasteiger partial charge in [0.05, 0.1) is 49.6 Å². The summed E-state index contributed by atoms with van der Waals surface area (Å²) in [6.07, 6.45) is 7.69. The van der Waals surface area contributed by atoms with Gasteiger partial charge in [0, 0.05) is 21.2 Å². The molecule has 6 nitrogen and oxygen atoms in total. The average molecular weight is 550 g/mol. The molecule has 1 fully saturated rings. The minimum Gasteiger partial charge on any atom is -0.465 e. The van der Waals surface area contributed by atoms with Crippen LogP contribution in [-0.4, -0.2) is 42.2 Å². The summed E-state index contributed by atoms with van der Waals surface area (Å²) in [6, 6.07) is 15.5. The van der Waals surface area contributed by atoms with Gasteiger partial charge in [-0.05, 0) is 47.6 Å². The number of allylic oxidation sites excluding steroid dienone is 2. The van der Waals surface area contributed by atoms with Crippen molar-refractivity contribution >= 4 is 50.5 Å². The third-order valence-corrected chi connectivity index (χ3v) is 8.63. The summed E-state index contributed by atoms with van der Waals surface area (Å²) in [5.74, 6) is -0.872. The largest absolute Gasteiger partial charge is 0.465 e. The van der Waals surface area contributed by atoms with Gasteiger partial charge in [-0.2, -0.15) is 0 Å². The number of esters is 2. The first-order valence-corrected chi connectivity index (χ1v) is 13.6. The van der Waals surface area contributed by atoms with Crippen molar-refractivity contribution in [1.82, 2.24) is 4.90 Å². The molecule has 1 saturated carbocycles. The Morgan fingerprint density at radius 1 is 1.03 bits per heavy atom. The predicted molar refractivity (Wildman–Crippen MR) is 149 cm³/mol. The van der Waals surface area contributed by atoms with E-state index in [2.05, 4.69) is 11.0 Å². The van der Waals surface area contributed by atoms with Crippen molar-refractivity contribution in [3.63, 3.8) is 0 Å². The Morgan fingerprint density at radius 2 is 1.71 bits per heavy atom. The number of aliphatic hydroxyl groups excluding tert-OH is 1. The van der Waals surface area contributed by atoms with E-state index in [1.165, 1.54) is 14.2 Å². The monoisotopic (exact) mass is 549 g/mol. The second kappa shape index (κ2) is 11.2. The first-order valence-electron chi connectivity index (χ1n) is 12.4. The van der Waals surface area contributed by atoms with Crippen molar-refractivity contribution in [2.75, 3.05) is 14.2 Å². The molecule has 38 heavy (non-hydrogen) atoms. The van der Waals surface area contributed by atoms with Crippen LogP contribution in [0.3, 0.4) is 0 Å². The van der Waals surface area contributed by atoms with E-state index in [0.29, 0.717) is 17.5 Å². The smallest absolute Gasteiger partial charge is 0.340 e. The molecule has 2 aromatic carbocycles. The summed E-state index contributed by atoms with van der Waals surface area (Å²) < 4.78 is 11.3. The number of fused-ring (bicyclic) bond motifs is 1. The average Bonchev–Trinajstić information content (AvgIpc) is 3.73. The number of hydrogen-bond donors (Lipinski definition) is 1. The van der Waals surface area contributed by atoms with Crippen molar-refractivity contribution in [3.05, 3.63) is 99.1 Å². The molecule has 1 aromatic heterocycles. The molecule has 2 aliphatic rings. The zero-order valence-electron chi connectivity index (χ0n) is 21.1. The van der Waals surface area contributed by atoms with Gasteiger partial charge in [-0.25, -0.2) is 9.59 Å². The standard InChI is InChI=1S/C30H28ClNO5S/c1-36-29(34)23-13-21(19-9-7-18(17-33)8-10-19)14-25(20-11-12-20)32(15-24(23)30(35)37-2)16-27-28(31)22-5-3-4-6-26(22)38-27/h3-10,13-15,20,25,33H,11-12,16-17H2,1-2H3. The van der Waals surface area contributed by atoms with Crippen LogP contribution >= 0.6 is 22.9 Å². The highest BCUT2D eigenvalue weighted by molar-refractivity contribution is 7.19.